The predicted molar refractivity (Wildman–Crippen MR) is 71.8 cm³/mol. The minimum Gasteiger partial charge on any atom is -0.440 e. The highest BCUT2D eigenvalue weighted by Crippen LogP contribution is 2.30. The van der Waals surface area contributed by atoms with Crippen molar-refractivity contribution in [1.29, 1.82) is 0 Å². The SMILES string of the molecule is Cc1nc(C)c(-c2cnc(CCNC3CC3)o2)s1. The molecule has 3 rings (SSSR count). The quantitative estimate of drug-likeness (QED) is 0.901. The number of aryl methyl sites for hydroxylation is 2. The number of hydrogen-bond acceptors (Lipinski definition) is 5. The van der Waals surface area contributed by atoms with Crippen LogP contribution in [0, 0.1) is 13.8 Å². The molecule has 4 nitrogen and oxygen atoms in total. The summed E-state index contributed by atoms with van der Waals surface area (Å²) in [6.45, 7) is 4.97. The number of thiazole rings is 1. The Labute approximate surface area is 110 Å². The molecule has 0 radical (unpaired) electrons. The van der Waals surface area contributed by atoms with Crippen molar-refractivity contribution in [3.8, 4) is 10.6 Å². The largest absolute Gasteiger partial charge is 0.440 e. The molecule has 0 saturated heterocycles. The summed E-state index contributed by atoms with van der Waals surface area (Å²) in [6, 6.07) is 0.742. The minimum absolute atomic E-state index is 0.742. The topological polar surface area (TPSA) is 51.0 Å². The van der Waals surface area contributed by atoms with E-state index < -0.39 is 0 Å². The molecule has 2 heterocycles. The fourth-order valence-corrected chi connectivity index (χ4v) is 2.83. The van der Waals surface area contributed by atoms with Gasteiger partial charge in [0, 0.05) is 19.0 Å². The average Bonchev–Trinajstić information content (AvgIpc) is 2.92. The van der Waals surface area contributed by atoms with E-state index in [0.29, 0.717) is 0 Å². The molecule has 18 heavy (non-hydrogen) atoms. The molecule has 1 N–H and O–H groups in total. The summed E-state index contributed by atoms with van der Waals surface area (Å²) in [4.78, 5) is 9.84. The summed E-state index contributed by atoms with van der Waals surface area (Å²) in [5.41, 5.74) is 1.02. The smallest absolute Gasteiger partial charge is 0.196 e. The summed E-state index contributed by atoms with van der Waals surface area (Å²) in [6.07, 6.45) is 5.30. The van der Waals surface area contributed by atoms with E-state index in [9.17, 15) is 0 Å². The van der Waals surface area contributed by atoms with Crippen molar-refractivity contribution in [2.24, 2.45) is 0 Å². The Morgan fingerprint density at radius 3 is 2.94 bits per heavy atom. The third-order valence-electron chi connectivity index (χ3n) is 3.03. The average molecular weight is 263 g/mol. The van der Waals surface area contributed by atoms with Gasteiger partial charge in [-0.05, 0) is 26.7 Å². The number of nitrogens with zero attached hydrogens (tertiary/aromatic N) is 2. The summed E-state index contributed by atoms with van der Waals surface area (Å²) in [5.74, 6) is 1.66. The van der Waals surface area contributed by atoms with Gasteiger partial charge in [0.05, 0.1) is 21.8 Å². The Balaban J connectivity index is 1.66. The summed E-state index contributed by atoms with van der Waals surface area (Å²) in [5, 5.41) is 4.53. The first-order valence-corrected chi connectivity index (χ1v) is 7.16. The third kappa shape index (κ3) is 2.62. The summed E-state index contributed by atoms with van der Waals surface area (Å²) in [7, 11) is 0. The van der Waals surface area contributed by atoms with E-state index in [2.05, 4.69) is 15.3 Å². The Morgan fingerprint density at radius 2 is 2.28 bits per heavy atom. The van der Waals surface area contributed by atoms with Crippen LogP contribution in [0.1, 0.15) is 29.4 Å². The Kier molecular flexibility index (Phi) is 3.18. The number of hydrogen-bond donors (Lipinski definition) is 1. The first-order valence-electron chi connectivity index (χ1n) is 6.35. The van der Waals surface area contributed by atoms with Crippen molar-refractivity contribution < 1.29 is 4.42 Å². The molecule has 0 aromatic carbocycles. The van der Waals surface area contributed by atoms with Gasteiger partial charge < -0.3 is 9.73 Å². The van der Waals surface area contributed by atoms with Crippen LogP contribution in [0.3, 0.4) is 0 Å². The molecule has 0 atom stereocenters. The fourth-order valence-electron chi connectivity index (χ4n) is 1.96. The van der Waals surface area contributed by atoms with E-state index in [-0.39, 0.29) is 0 Å². The molecule has 5 heteroatoms. The number of oxazole rings is 1. The van der Waals surface area contributed by atoms with Crippen molar-refractivity contribution in [3.63, 3.8) is 0 Å². The lowest BCUT2D eigenvalue weighted by atomic mass is 10.3. The standard InChI is InChI=1S/C13H17N3OS/c1-8-13(18-9(2)16-8)11-7-15-12(17-11)5-6-14-10-3-4-10/h7,10,14H,3-6H2,1-2H3. The first-order chi connectivity index (χ1) is 8.72. The highest BCUT2D eigenvalue weighted by molar-refractivity contribution is 7.15. The maximum atomic E-state index is 5.79. The van der Waals surface area contributed by atoms with Gasteiger partial charge in [-0.2, -0.15) is 0 Å². The predicted octanol–water partition coefficient (Wildman–Crippen LogP) is 2.71. The van der Waals surface area contributed by atoms with Gasteiger partial charge in [-0.25, -0.2) is 9.97 Å². The molecular weight excluding hydrogens is 246 g/mol. The van der Waals surface area contributed by atoms with Gasteiger partial charge >= 0.3 is 0 Å². The van der Waals surface area contributed by atoms with E-state index in [1.165, 1.54) is 12.8 Å². The number of aromatic nitrogens is 2. The molecule has 0 amide bonds. The third-order valence-corrected chi connectivity index (χ3v) is 4.12. The minimum atomic E-state index is 0.742. The Bertz CT molecular complexity index is 542. The molecule has 0 unspecified atom stereocenters. The van der Waals surface area contributed by atoms with Gasteiger partial charge in [0.2, 0.25) is 0 Å². The van der Waals surface area contributed by atoms with E-state index >= 15 is 0 Å². The highest BCUT2D eigenvalue weighted by Gasteiger charge is 2.20. The maximum absolute atomic E-state index is 5.79. The van der Waals surface area contributed by atoms with E-state index in [0.717, 1.165) is 46.2 Å². The Morgan fingerprint density at radius 1 is 1.44 bits per heavy atom. The van der Waals surface area contributed by atoms with Crippen LogP contribution in [0.4, 0.5) is 0 Å². The summed E-state index contributed by atoms with van der Waals surface area (Å²) < 4.78 is 5.79. The highest BCUT2D eigenvalue weighted by atomic mass is 32.1. The second kappa shape index (κ2) is 4.82. The van der Waals surface area contributed by atoms with Crippen molar-refractivity contribution in [2.75, 3.05) is 6.54 Å². The molecule has 0 bridgehead atoms. The maximum Gasteiger partial charge on any atom is 0.196 e. The van der Waals surface area contributed by atoms with E-state index in [1.54, 1.807) is 11.3 Å². The van der Waals surface area contributed by atoms with Gasteiger partial charge in [-0.15, -0.1) is 11.3 Å². The van der Waals surface area contributed by atoms with Gasteiger partial charge in [-0.1, -0.05) is 0 Å². The monoisotopic (exact) mass is 263 g/mol. The molecule has 2 aromatic heterocycles. The Hall–Kier alpha value is -1.20. The lowest BCUT2D eigenvalue weighted by Crippen LogP contribution is -2.19. The zero-order valence-electron chi connectivity index (χ0n) is 10.7. The molecule has 2 aromatic rings. The van der Waals surface area contributed by atoms with Gasteiger partial charge in [0.1, 0.15) is 0 Å². The van der Waals surface area contributed by atoms with Crippen molar-refractivity contribution in [1.82, 2.24) is 15.3 Å². The van der Waals surface area contributed by atoms with Crippen LogP contribution in [0.25, 0.3) is 10.6 Å². The van der Waals surface area contributed by atoms with Crippen LogP contribution in [0.2, 0.25) is 0 Å². The van der Waals surface area contributed by atoms with Crippen LogP contribution < -0.4 is 5.32 Å². The molecule has 1 fully saturated rings. The van der Waals surface area contributed by atoms with Gasteiger partial charge in [0.15, 0.2) is 11.7 Å². The molecule has 0 spiro atoms. The van der Waals surface area contributed by atoms with Crippen LogP contribution in [-0.4, -0.2) is 22.6 Å². The lowest BCUT2D eigenvalue weighted by Gasteiger charge is -1.98. The first kappa shape index (κ1) is 11.9. The van der Waals surface area contributed by atoms with Gasteiger partial charge in [0.25, 0.3) is 0 Å². The van der Waals surface area contributed by atoms with Crippen LogP contribution in [0.5, 0.6) is 0 Å². The van der Waals surface area contributed by atoms with Crippen LogP contribution >= 0.6 is 11.3 Å². The zero-order valence-corrected chi connectivity index (χ0v) is 11.5. The summed E-state index contributed by atoms with van der Waals surface area (Å²) >= 11 is 1.66. The van der Waals surface area contributed by atoms with Crippen molar-refractivity contribution in [3.05, 3.63) is 22.8 Å². The molecule has 1 saturated carbocycles. The molecule has 1 aliphatic carbocycles. The second-order valence-corrected chi connectivity index (χ2v) is 5.95. The van der Waals surface area contributed by atoms with Crippen LogP contribution in [-0.2, 0) is 6.42 Å². The zero-order chi connectivity index (χ0) is 12.5. The van der Waals surface area contributed by atoms with Crippen molar-refractivity contribution >= 4 is 11.3 Å². The lowest BCUT2D eigenvalue weighted by molar-refractivity contribution is 0.495. The van der Waals surface area contributed by atoms with Crippen LogP contribution in [0.15, 0.2) is 10.6 Å². The van der Waals surface area contributed by atoms with E-state index in [1.807, 2.05) is 20.0 Å². The van der Waals surface area contributed by atoms with Gasteiger partial charge in [-0.3, -0.25) is 0 Å². The molecular formula is C13H17N3OS. The number of nitrogens with one attached hydrogen (secondary N) is 1. The molecule has 1 aliphatic rings. The molecule has 96 valence electrons. The second-order valence-electron chi connectivity index (χ2n) is 4.74. The molecule has 0 aliphatic heterocycles. The van der Waals surface area contributed by atoms with Crippen molar-refractivity contribution in [2.45, 2.75) is 39.2 Å². The van der Waals surface area contributed by atoms with E-state index in [4.69, 9.17) is 4.42 Å². The fraction of sp³-hybridized carbons (Fsp3) is 0.538. The number of rotatable bonds is 5. The normalized spacial score (nSPS) is 15.2.